The monoisotopic (exact) mass is 335 g/mol. The van der Waals surface area contributed by atoms with Gasteiger partial charge in [-0.05, 0) is 23.8 Å². The number of para-hydroxylation sites is 1. The maximum Gasteiger partial charge on any atom is 0.196 e. The van der Waals surface area contributed by atoms with Gasteiger partial charge in [-0.25, -0.2) is 4.99 Å². The molecule has 22 heavy (non-hydrogen) atoms. The molecule has 1 heterocycles. The molecule has 1 aliphatic rings. The zero-order chi connectivity index (χ0) is 15.7. The lowest BCUT2D eigenvalue weighted by Gasteiger charge is -2.30. The van der Waals surface area contributed by atoms with Gasteiger partial charge in [0.15, 0.2) is 5.96 Å². The lowest BCUT2D eigenvalue weighted by atomic mass is 10.1. The number of benzene rings is 2. The standard InChI is InChI=1S/C16H15Cl2N3O/c17-11-5-6-12(13(18)7-11)15(22)9-21-8-10-3-1-2-4-14(10)20-16(21)19/h1-7,15,22H,8-9H2,(H2,19,20). The van der Waals surface area contributed by atoms with Crippen LogP contribution in [0.3, 0.4) is 0 Å². The fourth-order valence-electron chi connectivity index (χ4n) is 2.47. The number of nitrogens with two attached hydrogens (primary N) is 1. The van der Waals surface area contributed by atoms with Crippen LogP contribution < -0.4 is 5.73 Å². The molecule has 0 spiro atoms. The zero-order valence-electron chi connectivity index (χ0n) is 11.7. The molecular formula is C16H15Cl2N3O. The number of β-amino-alcohol motifs (C(OH)–C–C–N with tert-alkyl or cyclic N) is 1. The second kappa shape index (κ2) is 6.16. The fraction of sp³-hybridized carbons (Fsp3) is 0.188. The van der Waals surface area contributed by atoms with Gasteiger partial charge in [0.05, 0.1) is 18.3 Å². The number of hydrogen-bond acceptors (Lipinski definition) is 4. The van der Waals surface area contributed by atoms with Gasteiger partial charge in [0.2, 0.25) is 0 Å². The Morgan fingerprint density at radius 3 is 2.77 bits per heavy atom. The van der Waals surface area contributed by atoms with Gasteiger partial charge in [0, 0.05) is 22.2 Å². The number of halogens is 2. The Morgan fingerprint density at radius 1 is 1.23 bits per heavy atom. The van der Waals surface area contributed by atoms with Crippen LogP contribution in [0.2, 0.25) is 10.0 Å². The van der Waals surface area contributed by atoms with Crippen LogP contribution >= 0.6 is 23.2 Å². The van der Waals surface area contributed by atoms with E-state index in [1.807, 2.05) is 29.2 Å². The summed E-state index contributed by atoms with van der Waals surface area (Å²) in [5.74, 6) is 0.392. The summed E-state index contributed by atoms with van der Waals surface area (Å²) in [6.45, 7) is 0.915. The number of nitrogens with zero attached hydrogens (tertiary/aromatic N) is 2. The van der Waals surface area contributed by atoms with E-state index in [4.69, 9.17) is 28.9 Å². The van der Waals surface area contributed by atoms with Crippen LogP contribution in [0.4, 0.5) is 5.69 Å². The van der Waals surface area contributed by atoms with Crippen molar-refractivity contribution < 1.29 is 5.11 Å². The van der Waals surface area contributed by atoms with E-state index in [2.05, 4.69) is 4.99 Å². The first-order valence-electron chi connectivity index (χ1n) is 6.84. The highest BCUT2D eigenvalue weighted by atomic mass is 35.5. The first kappa shape index (κ1) is 15.2. The van der Waals surface area contributed by atoms with Crippen molar-refractivity contribution in [2.75, 3.05) is 6.54 Å². The van der Waals surface area contributed by atoms with Crippen molar-refractivity contribution in [2.45, 2.75) is 12.6 Å². The van der Waals surface area contributed by atoms with Crippen molar-refractivity contribution in [3.05, 3.63) is 63.6 Å². The molecule has 0 radical (unpaired) electrons. The van der Waals surface area contributed by atoms with Crippen molar-refractivity contribution in [3.8, 4) is 0 Å². The maximum atomic E-state index is 10.4. The van der Waals surface area contributed by atoms with Crippen molar-refractivity contribution in [1.82, 2.24) is 4.90 Å². The highest BCUT2D eigenvalue weighted by molar-refractivity contribution is 6.35. The molecule has 6 heteroatoms. The highest BCUT2D eigenvalue weighted by Gasteiger charge is 2.21. The topological polar surface area (TPSA) is 61.8 Å². The molecule has 0 aromatic heterocycles. The van der Waals surface area contributed by atoms with Gasteiger partial charge in [-0.15, -0.1) is 0 Å². The summed E-state index contributed by atoms with van der Waals surface area (Å²) in [5.41, 5.74) is 8.56. The molecule has 0 fully saturated rings. The molecule has 0 saturated carbocycles. The second-order valence-corrected chi connectivity index (χ2v) is 6.00. The quantitative estimate of drug-likeness (QED) is 0.902. The molecule has 2 aromatic rings. The van der Waals surface area contributed by atoms with Gasteiger partial charge in [0.1, 0.15) is 0 Å². The van der Waals surface area contributed by atoms with E-state index in [1.165, 1.54) is 0 Å². The van der Waals surface area contributed by atoms with Crippen LogP contribution in [0.1, 0.15) is 17.2 Å². The van der Waals surface area contributed by atoms with E-state index in [0.29, 0.717) is 34.7 Å². The number of aliphatic imine (C=N–C) groups is 1. The second-order valence-electron chi connectivity index (χ2n) is 5.16. The molecule has 3 N–H and O–H groups in total. The summed E-state index contributed by atoms with van der Waals surface area (Å²) in [4.78, 5) is 6.20. The number of aliphatic hydroxyl groups is 1. The molecule has 0 bridgehead atoms. The van der Waals surface area contributed by atoms with E-state index < -0.39 is 6.10 Å². The van der Waals surface area contributed by atoms with Crippen LogP contribution in [0.5, 0.6) is 0 Å². The Balaban J connectivity index is 1.79. The molecule has 0 amide bonds. The molecule has 4 nitrogen and oxygen atoms in total. The van der Waals surface area contributed by atoms with Crippen LogP contribution in [0.25, 0.3) is 0 Å². The van der Waals surface area contributed by atoms with Crippen LogP contribution in [-0.4, -0.2) is 22.5 Å². The molecule has 1 atom stereocenters. The Hall–Kier alpha value is -1.75. The van der Waals surface area contributed by atoms with Crippen molar-refractivity contribution in [2.24, 2.45) is 10.7 Å². The molecule has 114 valence electrons. The van der Waals surface area contributed by atoms with Gasteiger partial charge in [-0.3, -0.25) is 0 Å². The average molecular weight is 336 g/mol. The van der Waals surface area contributed by atoms with Crippen molar-refractivity contribution in [3.63, 3.8) is 0 Å². The number of rotatable bonds is 3. The highest BCUT2D eigenvalue weighted by Crippen LogP contribution is 2.29. The minimum atomic E-state index is -0.774. The average Bonchev–Trinajstić information content (AvgIpc) is 2.47. The predicted molar refractivity (Wildman–Crippen MR) is 89.6 cm³/mol. The molecule has 2 aromatic carbocycles. The predicted octanol–water partition coefficient (Wildman–Crippen LogP) is 3.49. The van der Waals surface area contributed by atoms with Crippen LogP contribution in [0.15, 0.2) is 47.5 Å². The van der Waals surface area contributed by atoms with E-state index >= 15 is 0 Å². The number of fused-ring (bicyclic) bond motifs is 1. The molecule has 1 unspecified atom stereocenters. The van der Waals surface area contributed by atoms with E-state index in [9.17, 15) is 5.11 Å². The molecule has 0 saturated heterocycles. The van der Waals surface area contributed by atoms with Gasteiger partial charge in [-0.2, -0.15) is 0 Å². The van der Waals surface area contributed by atoms with Crippen molar-refractivity contribution in [1.29, 1.82) is 0 Å². The normalized spacial score (nSPS) is 15.2. The summed E-state index contributed by atoms with van der Waals surface area (Å²) >= 11 is 12.0. The van der Waals surface area contributed by atoms with Crippen LogP contribution in [0, 0.1) is 0 Å². The molecule has 0 aliphatic carbocycles. The molecule has 1 aliphatic heterocycles. The van der Waals surface area contributed by atoms with Gasteiger partial charge >= 0.3 is 0 Å². The summed E-state index contributed by atoms with van der Waals surface area (Å²) in [6, 6.07) is 12.8. The Labute approximate surface area is 138 Å². The van der Waals surface area contributed by atoms with Crippen LogP contribution in [-0.2, 0) is 6.54 Å². The summed E-state index contributed by atoms with van der Waals surface area (Å²) in [5, 5.41) is 11.4. The summed E-state index contributed by atoms with van der Waals surface area (Å²) in [6.07, 6.45) is -0.774. The third-order valence-electron chi connectivity index (χ3n) is 3.63. The lowest BCUT2D eigenvalue weighted by molar-refractivity contribution is 0.140. The van der Waals surface area contributed by atoms with Gasteiger partial charge < -0.3 is 15.7 Å². The smallest absolute Gasteiger partial charge is 0.196 e. The Kier molecular flexibility index (Phi) is 4.25. The van der Waals surface area contributed by atoms with E-state index in [1.54, 1.807) is 18.2 Å². The summed E-state index contributed by atoms with van der Waals surface area (Å²) in [7, 11) is 0. The summed E-state index contributed by atoms with van der Waals surface area (Å²) < 4.78 is 0. The number of aliphatic hydroxyl groups excluding tert-OH is 1. The lowest BCUT2D eigenvalue weighted by Crippen LogP contribution is -2.41. The Morgan fingerprint density at radius 2 is 2.00 bits per heavy atom. The molecular weight excluding hydrogens is 321 g/mol. The SMILES string of the molecule is NC1=Nc2ccccc2CN1CC(O)c1ccc(Cl)cc1Cl. The number of guanidine groups is 1. The maximum absolute atomic E-state index is 10.4. The Bertz CT molecular complexity index is 733. The van der Waals surface area contributed by atoms with Gasteiger partial charge in [0.25, 0.3) is 0 Å². The minimum Gasteiger partial charge on any atom is -0.387 e. The minimum absolute atomic E-state index is 0.311. The number of hydrogen-bond donors (Lipinski definition) is 2. The van der Waals surface area contributed by atoms with E-state index in [0.717, 1.165) is 11.3 Å². The molecule has 3 rings (SSSR count). The third-order valence-corrected chi connectivity index (χ3v) is 4.19. The van der Waals surface area contributed by atoms with E-state index in [-0.39, 0.29) is 0 Å². The largest absolute Gasteiger partial charge is 0.387 e. The first-order valence-corrected chi connectivity index (χ1v) is 7.60. The fourth-order valence-corrected chi connectivity index (χ4v) is 3.01. The van der Waals surface area contributed by atoms with Gasteiger partial charge in [-0.1, -0.05) is 47.5 Å². The first-order chi connectivity index (χ1) is 10.5. The third kappa shape index (κ3) is 3.04. The van der Waals surface area contributed by atoms with Crippen molar-refractivity contribution >= 4 is 34.8 Å². The zero-order valence-corrected chi connectivity index (χ0v) is 13.2.